The Morgan fingerprint density at radius 1 is 0.767 bits per heavy atom. The smallest absolute Gasteiger partial charge is 0.267 e. The first kappa shape index (κ1) is 19.1. The van der Waals surface area contributed by atoms with Gasteiger partial charge in [-0.2, -0.15) is 5.10 Å². The first-order chi connectivity index (χ1) is 14.6. The van der Waals surface area contributed by atoms with Gasteiger partial charge in [-0.3, -0.25) is 20.4 Å². The van der Waals surface area contributed by atoms with E-state index < -0.39 is 11.8 Å². The van der Waals surface area contributed by atoms with Crippen molar-refractivity contribution in [2.24, 2.45) is 0 Å². The highest BCUT2D eigenvalue weighted by molar-refractivity contribution is 6.02. The van der Waals surface area contributed by atoms with Crippen LogP contribution >= 0.6 is 0 Å². The number of nitrogens with zero attached hydrogens (tertiary/aromatic N) is 2. The summed E-state index contributed by atoms with van der Waals surface area (Å²) in [5, 5.41) is 4.63. The van der Waals surface area contributed by atoms with Crippen LogP contribution in [-0.4, -0.2) is 21.6 Å². The molecule has 3 aromatic carbocycles. The van der Waals surface area contributed by atoms with Crippen molar-refractivity contribution in [2.45, 2.75) is 6.92 Å². The summed E-state index contributed by atoms with van der Waals surface area (Å²) in [5.74, 6) is -0.840. The van der Waals surface area contributed by atoms with E-state index >= 15 is 0 Å². The van der Waals surface area contributed by atoms with E-state index in [9.17, 15) is 9.59 Å². The molecule has 2 N–H and O–H groups in total. The van der Waals surface area contributed by atoms with Crippen molar-refractivity contribution in [3.8, 4) is 16.9 Å². The van der Waals surface area contributed by atoms with Gasteiger partial charge in [-0.15, -0.1) is 0 Å². The lowest BCUT2D eigenvalue weighted by Gasteiger charge is -2.07. The highest BCUT2D eigenvalue weighted by atomic mass is 16.2. The number of amides is 2. The van der Waals surface area contributed by atoms with Gasteiger partial charge >= 0.3 is 0 Å². The molecule has 0 aliphatic heterocycles. The highest BCUT2D eigenvalue weighted by Gasteiger charge is 2.19. The van der Waals surface area contributed by atoms with Crippen molar-refractivity contribution in [2.75, 3.05) is 0 Å². The molecule has 0 atom stereocenters. The van der Waals surface area contributed by atoms with Crippen molar-refractivity contribution in [3.63, 3.8) is 0 Å². The Morgan fingerprint density at radius 3 is 2.03 bits per heavy atom. The molecule has 0 spiro atoms. The summed E-state index contributed by atoms with van der Waals surface area (Å²) >= 11 is 0. The fraction of sp³-hybridized carbons (Fsp3) is 0.0417. The van der Waals surface area contributed by atoms with Gasteiger partial charge in [0.25, 0.3) is 11.8 Å². The van der Waals surface area contributed by atoms with Gasteiger partial charge in [0, 0.05) is 17.3 Å². The van der Waals surface area contributed by atoms with Crippen molar-refractivity contribution in [1.82, 2.24) is 20.6 Å². The molecule has 6 nitrogen and oxygen atoms in total. The Morgan fingerprint density at radius 2 is 1.37 bits per heavy atom. The van der Waals surface area contributed by atoms with Crippen LogP contribution < -0.4 is 10.9 Å². The number of benzene rings is 3. The second-order valence-corrected chi connectivity index (χ2v) is 6.81. The van der Waals surface area contributed by atoms with E-state index in [-0.39, 0.29) is 0 Å². The SMILES string of the molecule is Cc1ccc(-c2nn(-c3ccccc3)cc2C(=O)NNC(=O)c2ccccc2)cc1. The van der Waals surface area contributed by atoms with Crippen LogP contribution in [0.5, 0.6) is 0 Å². The van der Waals surface area contributed by atoms with E-state index in [1.165, 1.54) is 0 Å². The molecule has 30 heavy (non-hydrogen) atoms. The Kier molecular flexibility index (Phi) is 5.39. The van der Waals surface area contributed by atoms with Crippen molar-refractivity contribution < 1.29 is 9.59 Å². The van der Waals surface area contributed by atoms with Crippen LogP contribution in [0.1, 0.15) is 26.3 Å². The Balaban J connectivity index is 1.63. The fourth-order valence-corrected chi connectivity index (χ4v) is 3.02. The van der Waals surface area contributed by atoms with Crippen molar-refractivity contribution >= 4 is 11.8 Å². The zero-order valence-electron chi connectivity index (χ0n) is 16.4. The number of rotatable bonds is 4. The number of carbonyl (C=O) groups excluding carboxylic acids is 2. The fourth-order valence-electron chi connectivity index (χ4n) is 3.02. The average molecular weight is 396 g/mol. The molecule has 1 aromatic heterocycles. The zero-order chi connectivity index (χ0) is 20.9. The molecule has 4 aromatic rings. The van der Waals surface area contributed by atoms with E-state index in [0.717, 1.165) is 16.8 Å². The van der Waals surface area contributed by atoms with Crippen LogP contribution in [0, 0.1) is 6.92 Å². The van der Waals surface area contributed by atoms with Crippen LogP contribution in [-0.2, 0) is 0 Å². The first-order valence-electron chi connectivity index (χ1n) is 9.50. The maximum Gasteiger partial charge on any atom is 0.273 e. The molecule has 0 unspecified atom stereocenters. The number of para-hydroxylation sites is 1. The lowest BCUT2D eigenvalue weighted by Crippen LogP contribution is -2.41. The summed E-state index contributed by atoms with van der Waals surface area (Å²) in [4.78, 5) is 25.2. The van der Waals surface area contributed by atoms with E-state index in [1.54, 1.807) is 35.1 Å². The molecule has 0 bridgehead atoms. The van der Waals surface area contributed by atoms with Crippen LogP contribution in [0.15, 0.2) is 91.1 Å². The normalized spacial score (nSPS) is 10.4. The summed E-state index contributed by atoms with van der Waals surface area (Å²) in [6.07, 6.45) is 1.66. The average Bonchev–Trinajstić information content (AvgIpc) is 3.24. The minimum atomic E-state index is -0.447. The summed E-state index contributed by atoms with van der Waals surface area (Å²) < 4.78 is 1.66. The molecule has 0 saturated heterocycles. The van der Waals surface area contributed by atoms with E-state index in [4.69, 9.17) is 0 Å². The standard InChI is InChI=1S/C24H20N4O2/c1-17-12-14-18(15-13-17)22-21(16-28(27-22)20-10-6-3-7-11-20)24(30)26-25-23(29)19-8-4-2-5-9-19/h2-16H,1H3,(H,25,29)(H,26,30). The predicted octanol–water partition coefficient (Wildman–Crippen LogP) is 3.92. The van der Waals surface area contributed by atoms with Gasteiger partial charge in [0.2, 0.25) is 0 Å². The van der Waals surface area contributed by atoms with E-state index in [0.29, 0.717) is 16.8 Å². The van der Waals surface area contributed by atoms with Gasteiger partial charge in [-0.1, -0.05) is 66.2 Å². The molecule has 0 radical (unpaired) electrons. The van der Waals surface area contributed by atoms with Crippen LogP contribution in [0.4, 0.5) is 0 Å². The maximum atomic E-state index is 12.9. The first-order valence-corrected chi connectivity index (χ1v) is 9.50. The van der Waals surface area contributed by atoms with Gasteiger partial charge in [0.05, 0.1) is 11.3 Å². The van der Waals surface area contributed by atoms with Crippen LogP contribution in [0.2, 0.25) is 0 Å². The van der Waals surface area contributed by atoms with Gasteiger partial charge in [0.1, 0.15) is 5.69 Å². The second kappa shape index (κ2) is 8.45. The third-order valence-corrected chi connectivity index (χ3v) is 4.63. The lowest BCUT2D eigenvalue weighted by molar-refractivity contribution is 0.0847. The highest BCUT2D eigenvalue weighted by Crippen LogP contribution is 2.24. The molecule has 6 heteroatoms. The summed E-state index contributed by atoms with van der Waals surface area (Å²) in [6, 6.07) is 26.0. The van der Waals surface area contributed by atoms with Crippen LogP contribution in [0.3, 0.4) is 0 Å². The Hall–Kier alpha value is -4.19. The summed E-state index contributed by atoms with van der Waals surface area (Å²) in [5.41, 5.74) is 9.06. The number of carbonyl (C=O) groups is 2. The van der Waals surface area contributed by atoms with Crippen molar-refractivity contribution in [1.29, 1.82) is 0 Å². The van der Waals surface area contributed by atoms with Gasteiger partial charge in [0.15, 0.2) is 0 Å². The van der Waals surface area contributed by atoms with Gasteiger partial charge in [-0.25, -0.2) is 4.68 Å². The molecule has 148 valence electrons. The molecular weight excluding hydrogens is 376 g/mol. The molecule has 0 saturated carbocycles. The Labute approximate surface area is 174 Å². The molecular formula is C24H20N4O2. The Bertz CT molecular complexity index is 1170. The predicted molar refractivity (Wildman–Crippen MR) is 115 cm³/mol. The number of aryl methyl sites for hydroxylation is 1. The molecule has 1 heterocycles. The largest absolute Gasteiger partial charge is 0.273 e. The minimum Gasteiger partial charge on any atom is -0.267 e. The number of hydrogen-bond donors (Lipinski definition) is 2. The topological polar surface area (TPSA) is 76.0 Å². The number of hydrazine groups is 1. The molecule has 2 amide bonds. The molecule has 0 aliphatic carbocycles. The van der Waals surface area contributed by atoms with Gasteiger partial charge in [-0.05, 0) is 31.2 Å². The minimum absolute atomic E-state index is 0.357. The van der Waals surface area contributed by atoms with Crippen molar-refractivity contribution in [3.05, 3.63) is 108 Å². The second-order valence-electron chi connectivity index (χ2n) is 6.81. The van der Waals surface area contributed by atoms with E-state index in [2.05, 4.69) is 16.0 Å². The summed E-state index contributed by atoms with van der Waals surface area (Å²) in [6.45, 7) is 2.00. The third kappa shape index (κ3) is 4.12. The number of nitrogens with one attached hydrogen (secondary N) is 2. The van der Waals surface area contributed by atoms with Crippen LogP contribution in [0.25, 0.3) is 16.9 Å². The number of aromatic nitrogens is 2. The molecule has 4 rings (SSSR count). The van der Waals surface area contributed by atoms with E-state index in [1.807, 2.05) is 67.6 Å². The monoisotopic (exact) mass is 396 g/mol. The summed E-state index contributed by atoms with van der Waals surface area (Å²) in [7, 11) is 0. The molecule has 0 aliphatic rings. The maximum absolute atomic E-state index is 12.9. The lowest BCUT2D eigenvalue weighted by atomic mass is 10.1. The number of hydrogen-bond acceptors (Lipinski definition) is 3. The quantitative estimate of drug-likeness (QED) is 0.513. The molecule has 0 fully saturated rings. The zero-order valence-corrected chi connectivity index (χ0v) is 16.4. The van der Waals surface area contributed by atoms with Gasteiger partial charge < -0.3 is 0 Å². The third-order valence-electron chi connectivity index (χ3n) is 4.63.